The summed E-state index contributed by atoms with van der Waals surface area (Å²) in [7, 11) is 0. The molecular weight excluding hydrogens is 236 g/mol. The standard InChI is InChI=1S/C11H16N4OS/c1-3-7-5-8-10(15-12)13-9(6-16-4-2)14-11(8)17-7/h5H,3-4,6,12H2,1-2H3,(H,13,14,15). The van der Waals surface area contributed by atoms with Gasteiger partial charge in [-0.15, -0.1) is 11.3 Å². The fraction of sp³-hybridized carbons (Fsp3) is 0.455. The Hall–Kier alpha value is -1.24. The number of ether oxygens (including phenoxy) is 1. The molecule has 0 unspecified atom stereocenters. The SMILES string of the molecule is CCOCc1nc(NN)c2cc(CC)sc2n1. The molecule has 92 valence electrons. The molecule has 17 heavy (non-hydrogen) atoms. The van der Waals surface area contributed by atoms with Crippen LogP contribution in [-0.4, -0.2) is 16.6 Å². The molecule has 2 aromatic rings. The van der Waals surface area contributed by atoms with Crippen LogP contribution in [0.2, 0.25) is 0 Å². The maximum absolute atomic E-state index is 5.49. The van der Waals surface area contributed by atoms with E-state index in [0.29, 0.717) is 24.9 Å². The molecule has 0 amide bonds. The Bertz CT molecular complexity index is 511. The number of anilines is 1. The van der Waals surface area contributed by atoms with Crippen molar-refractivity contribution in [3.63, 3.8) is 0 Å². The molecule has 6 heteroatoms. The normalized spacial score (nSPS) is 11.0. The van der Waals surface area contributed by atoms with Gasteiger partial charge in [-0.05, 0) is 19.4 Å². The second-order valence-corrected chi connectivity index (χ2v) is 4.67. The maximum Gasteiger partial charge on any atom is 0.158 e. The minimum absolute atomic E-state index is 0.417. The molecule has 3 N–H and O–H groups in total. The highest BCUT2D eigenvalue weighted by Crippen LogP contribution is 2.28. The third-order valence-electron chi connectivity index (χ3n) is 2.41. The summed E-state index contributed by atoms with van der Waals surface area (Å²) in [6.07, 6.45) is 0.992. The number of nitrogens with zero attached hydrogens (tertiary/aromatic N) is 2. The molecule has 0 fully saturated rings. The number of nitrogen functional groups attached to an aromatic ring is 1. The van der Waals surface area contributed by atoms with Gasteiger partial charge in [-0.1, -0.05) is 6.92 Å². The van der Waals surface area contributed by atoms with Gasteiger partial charge < -0.3 is 10.2 Å². The van der Waals surface area contributed by atoms with E-state index in [9.17, 15) is 0 Å². The van der Waals surface area contributed by atoms with E-state index in [4.69, 9.17) is 10.6 Å². The molecule has 2 heterocycles. The summed E-state index contributed by atoms with van der Waals surface area (Å²) >= 11 is 1.67. The largest absolute Gasteiger partial charge is 0.374 e. The Morgan fingerprint density at radius 3 is 2.88 bits per heavy atom. The molecule has 0 saturated carbocycles. The van der Waals surface area contributed by atoms with Gasteiger partial charge in [-0.3, -0.25) is 0 Å². The lowest BCUT2D eigenvalue weighted by Gasteiger charge is -2.04. The highest BCUT2D eigenvalue weighted by Gasteiger charge is 2.10. The van der Waals surface area contributed by atoms with Gasteiger partial charge in [0.25, 0.3) is 0 Å². The molecule has 0 bridgehead atoms. The molecule has 0 aliphatic carbocycles. The number of hydrazine groups is 1. The average Bonchev–Trinajstić information content (AvgIpc) is 2.78. The minimum atomic E-state index is 0.417. The van der Waals surface area contributed by atoms with E-state index in [1.807, 2.05) is 6.92 Å². The number of fused-ring (bicyclic) bond motifs is 1. The lowest BCUT2D eigenvalue weighted by molar-refractivity contribution is 0.128. The van der Waals surface area contributed by atoms with Gasteiger partial charge in [-0.25, -0.2) is 15.8 Å². The van der Waals surface area contributed by atoms with Crippen molar-refractivity contribution < 1.29 is 4.74 Å². The Labute approximate surface area is 104 Å². The van der Waals surface area contributed by atoms with Crippen molar-refractivity contribution in [1.82, 2.24) is 9.97 Å². The van der Waals surface area contributed by atoms with E-state index in [0.717, 1.165) is 16.6 Å². The van der Waals surface area contributed by atoms with Crippen molar-refractivity contribution in [2.75, 3.05) is 12.0 Å². The van der Waals surface area contributed by atoms with Gasteiger partial charge in [0.05, 0.1) is 5.39 Å². The lowest BCUT2D eigenvalue weighted by atomic mass is 10.3. The van der Waals surface area contributed by atoms with Crippen LogP contribution in [0.1, 0.15) is 24.5 Å². The monoisotopic (exact) mass is 252 g/mol. The number of rotatable bonds is 5. The molecule has 0 saturated heterocycles. The van der Waals surface area contributed by atoms with Crippen molar-refractivity contribution in [3.05, 3.63) is 16.8 Å². The van der Waals surface area contributed by atoms with E-state index in [1.54, 1.807) is 11.3 Å². The molecule has 0 aliphatic rings. The van der Waals surface area contributed by atoms with Gasteiger partial charge in [0.15, 0.2) is 11.6 Å². The first-order chi connectivity index (χ1) is 8.28. The van der Waals surface area contributed by atoms with Gasteiger partial charge in [0.2, 0.25) is 0 Å². The lowest BCUT2D eigenvalue weighted by Crippen LogP contribution is -2.11. The third-order valence-corrected chi connectivity index (χ3v) is 3.58. The number of thiophene rings is 1. The van der Waals surface area contributed by atoms with Crippen molar-refractivity contribution in [2.45, 2.75) is 26.9 Å². The van der Waals surface area contributed by atoms with Crippen LogP contribution in [0.3, 0.4) is 0 Å². The Morgan fingerprint density at radius 2 is 2.24 bits per heavy atom. The highest BCUT2D eigenvalue weighted by atomic mass is 32.1. The van der Waals surface area contributed by atoms with E-state index in [2.05, 4.69) is 28.4 Å². The summed E-state index contributed by atoms with van der Waals surface area (Å²) in [6.45, 7) is 5.13. The Morgan fingerprint density at radius 1 is 1.41 bits per heavy atom. The van der Waals surface area contributed by atoms with Gasteiger partial charge >= 0.3 is 0 Å². The van der Waals surface area contributed by atoms with E-state index < -0.39 is 0 Å². The van der Waals surface area contributed by atoms with Gasteiger partial charge in [0, 0.05) is 11.5 Å². The molecule has 0 radical (unpaired) electrons. The zero-order valence-corrected chi connectivity index (χ0v) is 10.8. The summed E-state index contributed by atoms with van der Waals surface area (Å²) in [5.74, 6) is 6.82. The van der Waals surface area contributed by atoms with Gasteiger partial charge in [0.1, 0.15) is 11.4 Å². The Balaban J connectivity index is 2.44. The van der Waals surface area contributed by atoms with Crippen LogP contribution in [0.25, 0.3) is 10.2 Å². The first-order valence-corrected chi connectivity index (χ1v) is 6.43. The minimum Gasteiger partial charge on any atom is -0.374 e. The zero-order chi connectivity index (χ0) is 12.3. The molecule has 5 nitrogen and oxygen atoms in total. The van der Waals surface area contributed by atoms with Crippen LogP contribution in [0.5, 0.6) is 0 Å². The van der Waals surface area contributed by atoms with E-state index in [-0.39, 0.29) is 0 Å². The number of aryl methyl sites for hydroxylation is 1. The first-order valence-electron chi connectivity index (χ1n) is 5.62. The highest BCUT2D eigenvalue weighted by molar-refractivity contribution is 7.18. The fourth-order valence-corrected chi connectivity index (χ4v) is 2.54. The number of hydrogen-bond acceptors (Lipinski definition) is 6. The third kappa shape index (κ3) is 2.54. The average molecular weight is 252 g/mol. The predicted molar refractivity (Wildman–Crippen MR) is 69.9 cm³/mol. The number of nitrogens with two attached hydrogens (primary N) is 1. The van der Waals surface area contributed by atoms with Crippen molar-refractivity contribution in [2.24, 2.45) is 5.84 Å². The molecule has 2 rings (SSSR count). The van der Waals surface area contributed by atoms with Crippen LogP contribution < -0.4 is 11.3 Å². The predicted octanol–water partition coefficient (Wildman–Crippen LogP) is 2.08. The second kappa shape index (κ2) is 5.39. The van der Waals surface area contributed by atoms with Crippen LogP contribution in [-0.2, 0) is 17.8 Å². The quantitative estimate of drug-likeness (QED) is 0.629. The summed E-state index contributed by atoms with van der Waals surface area (Å²) in [4.78, 5) is 11.1. The summed E-state index contributed by atoms with van der Waals surface area (Å²) in [5.41, 5.74) is 2.62. The summed E-state index contributed by atoms with van der Waals surface area (Å²) in [5, 5.41) is 0.981. The second-order valence-electron chi connectivity index (χ2n) is 3.56. The van der Waals surface area contributed by atoms with Crippen LogP contribution in [0, 0.1) is 0 Å². The topological polar surface area (TPSA) is 73.1 Å². The van der Waals surface area contributed by atoms with E-state index in [1.165, 1.54) is 4.88 Å². The number of hydrogen-bond donors (Lipinski definition) is 2. The number of nitrogens with one attached hydrogen (secondary N) is 1. The number of aromatic nitrogens is 2. The van der Waals surface area contributed by atoms with Crippen LogP contribution in [0.4, 0.5) is 5.82 Å². The van der Waals surface area contributed by atoms with Crippen molar-refractivity contribution >= 4 is 27.4 Å². The molecular formula is C11H16N4OS. The van der Waals surface area contributed by atoms with Crippen LogP contribution >= 0.6 is 11.3 Å². The molecule has 0 aromatic carbocycles. The summed E-state index contributed by atoms with van der Waals surface area (Å²) < 4.78 is 5.31. The molecule has 2 aromatic heterocycles. The maximum atomic E-state index is 5.49. The van der Waals surface area contributed by atoms with Crippen molar-refractivity contribution in [3.8, 4) is 0 Å². The zero-order valence-electron chi connectivity index (χ0n) is 9.99. The van der Waals surface area contributed by atoms with Crippen LogP contribution in [0.15, 0.2) is 6.07 Å². The van der Waals surface area contributed by atoms with E-state index >= 15 is 0 Å². The smallest absolute Gasteiger partial charge is 0.158 e. The van der Waals surface area contributed by atoms with Gasteiger partial charge in [-0.2, -0.15) is 0 Å². The Kier molecular flexibility index (Phi) is 3.88. The molecule has 0 spiro atoms. The molecule has 0 aliphatic heterocycles. The van der Waals surface area contributed by atoms with Crippen molar-refractivity contribution in [1.29, 1.82) is 0 Å². The fourth-order valence-electron chi connectivity index (χ4n) is 1.56. The first kappa shape index (κ1) is 12.2. The summed E-state index contributed by atoms with van der Waals surface area (Å²) in [6, 6.07) is 2.08. The molecule has 0 atom stereocenters.